The number of hydrogen-bond acceptors (Lipinski definition) is 3. The van der Waals surface area contributed by atoms with Gasteiger partial charge in [0.15, 0.2) is 0 Å². The van der Waals surface area contributed by atoms with Crippen LogP contribution in [0.15, 0.2) is 14.3 Å². The highest BCUT2D eigenvalue weighted by molar-refractivity contribution is 9.13. The van der Waals surface area contributed by atoms with Crippen LogP contribution in [0.5, 0.6) is 0 Å². The molecule has 0 atom stereocenters. The van der Waals surface area contributed by atoms with Crippen molar-refractivity contribution in [1.82, 2.24) is 4.90 Å². The predicted molar refractivity (Wildman–Crippen MR) is 75.4 cm³/mol. The molecule has 1 aromatic heterocycles. The summed E-state index contributed by atoms with van der Waals surface area (Å²) in [5.74, 6) is 0.167. The molecule has 1 N–H and O–H groups in total. The molecule has 0 saturated carbocycles. The fourth-order valence-electron chi connectivity index (χ4n) is 1.73. The molecule has 2 heterocycles. The lowest BCUT2D eigenvalue weighted by atomic mass is 9.83. The number of amides is 1. The summed E-state index contributed by atoms with van der Waals surface area (Å²) < 4.78 is 1.81. The summed E-state index contributed by atoms with van der Waals surface area (Å²) in [7, 11) is 0. The molecular weight excluding hydrogens is 370 g/mol. The summed E-state index contributed by atoms with van der Waals surface area (Å²) in [5, 5.41) is 10.1. The van der Waals surface area contributed by atoms with E-state index in [2.05, 4.69) is 31.9 Å². The lowest BCUT2D eigenvalue weighted by molar-refractivity contribution is -0.110. The number of hydrogen-bond donors (Lipinski definition) is 1. The molecular formula is C11H13Br2NO2S. The zero-order valence-corrected chi connectivity index (χ0v) is 13.5. The van der Waals surface area contributed by atoms with Crippen LogP contribution in [0.4, 0.5) is 0 Å². The van der Waals surface area contributed by atoms with E-state index in [0.717, 1.165) is 8.26 Å². The predicted octanol–water partition coefficient (Wildman–Crippen LogP) is 3.12. The Morgan fingerprint density at radius 2 is 2.12 bits per heavy atom. The molecule has 0 aromatic carbocycles. The fourth-order valence-corrected chi connectivity index (χ4v) is 3.73. The highest BCUT2D eigenvalue weighted by Crippen LogP contribution is 2.35. The highest BCUT2D eigenvalue weighted by Gasteiger charge is 2.46. The van der Waals surface area contributed by atoms with Crippen molar-refractivity contribution in [3.8, 4) is 0 Å². The van der Waals surface area contributed by atoms with E-state index in [1.807, 2.05) is 19.9 Å². The van der Waals surface area contributed by atoms with Gasteiger partial charge in [-0.15, -0.1) is 11.3 Å². The van der Waals surface area contributed by atoms with E-state index in [9.17, 15) is 9.90 Å². The van der Waals surface area contributed by atoms with E-state index < -0.39 is 5.60 Å². The number of nitrogens with zero attached hydrogens (tertiary/aromatic N) is 1. The quantitative estimate of drug-likeness (QED) is 0.853. The maximum Gasteiger partial charge on any atom is 0.264 e. The maximum atomic E-state index is 12.1. The van der Waals surface area contributed by atoms with Crippen molar-refractivity contribution in [3.63, 3.8) is 0 Å². The molecule has 0 bridgehead atoms. The molecule has 94 valence electrons. The Labute approximate surface area is 121 Å². The molecule has 6 heteroatoms. The zero-order valence-electron chi connectivity index (χ0n) is 9.54. The molecule has 0 radical (unpaired) electrons. The van der Waals surface area contributed by atoms with Crippen LogP contribution in [-0.2, 0) is 0 Å². The lowest BCUT2D eigenvalue weighted by Gasteiger charge is -2.48. The van der Waals surface area contributed by atoms with E-state index in [4.69, 9.17) is 0 Å². The van der Waals surface area contributed by atoms with Crippen LogP contribution in [-0.4, -0.2) is 34.6 Å². The van der Waals surface area contributed by atoms with Gasteiger partial charge in [-0.3, -0.25) is 4.79 Å². The molecule has 1 aliphatic rings. The Bertz CT molecular complexity index is 433. The molecule has 0 unspecified atom stereocenters. The number of halogens is 2. The smallest absolute Gasteiger partial charge is 0.264 e. The van der Waals surface area contributed by atoms with E-state index in [1.165, 1.54) is 11.3 Å². The van der Waals surface area contributed by atoms with Crippen LogP contribution in [0, 0.1) is 5.92 Å². The van der Waals surface area contributed by atoms with Crippen LogP contribution >= 0.6 is 43.2 Å². The zero-order chi connectivity index (χ0) is 12.8. The average molecular weight is 383 g/mol. The third-order valence-corrected chi connectivity index (χ3v) is 6.39. The Balaban J connectivity index is 2.05. The number of carbonyl (C=O) groups excluding carboxylic acids is 1. The van der Waals surface area contributed by atoms with Crippen LogP contribution in [0.2, 0.25) is 0 Å². The Morgan fingerprint density at radius 1 is 1.53 bits per heavy atom. The Kier molecular flexibility index (Phi) is 3.69. The summed E-state index contributed by atoms with van der Waals surface area (Å²) in [5.41, 5.74) is -0.707. The van der Waals surface area contributed by atoms with Gasteiger partial charge in [-0.1, -0.05) is 13.8 Å². The second kappa shape index (κ2) is 4.64. The van der Waals surface area contributed by atoms with Gasteiger partial charge in [0.25, 0.3) is 5.91 Å². The van der Waals surface area contributed by atoms with Crippen molar-refractivity contribution < 1.29 is 9.90 Å². The monoisotopic (exact) mass is 381 g/mol. The van der Waals surface area contributed by atoms with Crippen molar-refractivity contribution in [2.75, 3.05) is 13.1 Å². The van der Waals surface area contributed by atoms with Crippen LogP contribution < -0.4 is 0 Å². The van der Waals surface area contributed by atoms with Crippen molar-refractivity contribution in [1.29, 1.82) is 0 Å². The summed E-state index contributed by atoms with van der Waals surface area (Å²) in [6.45, 7) is 4.80. The Hall–Kier alpha value is 0.0900. The largest absolute Gasteiger partial charge is 0.386 e. The second-order valence-corrected chi connectivity index (χ2v) is 7.88. The third-order valence-electron chi connectivity index (χ3n) is 3.15. The topological polar surface area (TPSA) is 40.5 Å². The standard InChI is InChI=1S/C11H13Br2NO2S/c1-6(2)11(16)4-14(5-11)10(15)8-3-7(12)9(13)17-8/h3,6,16H,4-5H2,1-2H3. The van der Waals surface area contributed by atoms with Gasteiger partial charge < -0.3 is 10.0 Å². The first kappa shape index (κ1) is 13.5. The first-order chi connectivity index (χ1) is 7.83. The van der Waals surface area contributed by atoms with E-state index >= 15 is 0 Å². The van der Waals surface area contributed by atoms with Crippen LogP contribution in [0.25, 0.3) is 0 Å². The number of aliphatic hydroxyl groups is 1. The highest BCUT2D eigenvalue weighted by atomic mass is 79.9. The normalized spacial score (nSPS) is 18.4. The molecule has 0 spiro atoms. The first-order valence-corrected chi connectivity index (χ1v) is 7.70. The summed E-state index contributed by atoms with van der Waals surface area (Å²) in [6.07, 6.45) is 0. The minimum Gasteiger partial charge on any atom is -0.386 e. The molecule has 1 amide bonds. The summed E-state index contributed by atoms with van der Waals surface area (Å²) in [6, 6.07) is 1.81. The summed E-state index contributed by atoms with van der Waals surface area (Å²) >= 11 is 8.14. The van der Waals surface area contributed by atoms with Gasteiger partial charge >= 0.3 is 0 Å². The van der Waals surface area contributed by atoms with Gasteiger partial charge in [0.2, 0.25) is 0 Å². The minimum atomic E-state index is -0.707. The number of carbonyl (C=O) groups is 1. The molecule has 2 rings (SSSR count). The molecule has 0 aliphatic carbocycles. The fraction of sp³-hybridized carbons (Fsp3) is 0.545. The maximum absolute atomic E-state index is 12.1. The molecule has 3 nitrogen and oxygen atoms in total. The number of thiophene rings is 1. The number of likely N-dealkylation sites (tertiary alicyclic amines) is 1. The van der Waals surface area contributed by atoms with Gasteiger partial charge in [0, 0.05) is 4.47 Å². The van der Waals surface area contributed by atoms with Crippen molar-refractivity contribution in [3.05, 3.63) is 19.2 Å². The number of β-amino-alcohol motifs (C(OH)–C–C–N with tert-alkyl or cyclic N) is 1. The van der Waals surface area contributed by atoms with Gasteiger partial charge in [0.1, 0.15) is 5.60 Å². The van der Waals surface area contributed by atoms with Crippen LogP contribution in [0.1, 0.15) is 23.5 Å². The van der Waals surface area contributed by atoms with E-state index in [1.54, 1.807) is 4.90 Å². The molecule has 1 aliphatic heterocycles. The van der Waals surface area contributed by atoms with E-state index in [0.29, 0.717) is 18.0 Å². The van der Waals surface area contributed by atoms with Crippen molar-refractivity contribution in [2.45, 2.75) is 19.4 Å². The minimum absolute atomic E-state index is 0.00766. The Morgan fingerprint density at radius 3 is 2.53 bits per heavy atom. The third kappa shape index (κ3) is 2.45. The second-order valence-electron chi connectivity index (χ2n) is 4.65. The lowest BCUT2D eigenvalue weighted by Crippen LogP contribution is -2.65. The average Bonchev–Trinajstić information content (AvgIpc) is 2.53. The van der Waals surface area contributed by atoms with Crippen LogP contribution in [0.3, 0.4) is 0 Å². The van der Waals surface area contributed by atoms with Gasteiger partial charge in [0.05, 0.1) is 21.8 Å². The molecule has 1 aromatic rings. The molecule has 1 saturated heterocycles. The van der Waals surface area contributed by atoms with Crippen molar-refractivity contribution in [2.24, 2.45) is 5.92 Å². The van der Waals surface area contributed by atoms with Gasteiger partial charge in [-0.05, 0) is 43.8 Å². The first-order valence-electron chi connectivity index (χ1n) is 5.30. The SMILES string of the molecule is CC(C)C1(O)CN(C(=O)c2cc(Br)c(Br)s2)C1. The van der Waals surface area contributed by atoms with Gasteiger partial charge in [-0.2, -0.15) is 0 Å². The van der Waals surface area contributed by atoms with Crippen molar-refractivity contribution >= 4 is 49.1 Å². The van der Waals surface area contributed by atoms with Gasteiger partial charge in [-0.25, -0.2) is 0 Å². The van der Waals surface area contributed by atoms with E-state index in [-0.39, 0.29) is 11.8 Å². The number of rotatable bonds is 2. The molecule has 1 fully saturated rings. The summed E-state index contributed by atoms with van der Waals surface area (Å²) in [4.78, 5) is 14.5. The molecule has 17 heavy (non-hydrogen) atoms.